The highest BCUT2D eigenvalue weighted by atomic mass is 32.1. The number of aromatic nitrogens is 3. The van der Waals surface area contributed by atoms with Crippen LogP contribution >= 0.6 is 11.3 Å². The monoisotopic (exact) mass is 576 g/mol. The maximum absolute atomic E-state index is 13.4. The summed E-state index contributed by atoms with van der Waals surface area (Å²) in [7, 11) is 2.03. The predicted molar refractivity (Wildman–Crippen MR) is 161 cm³/mol. The number of nitrogens with zero attached hydrogens (tertiary/aromatic N) is 6. The van der Waals surface area contributed by atoms with E-state index in [1.165, 1.54) is 17.7 Å². The minimum Gasteiger partial charge on any atom is -0.392 e. The molecule has 0 aliphatic carbocycles. The SMILES string of the molecule is CCc1nc2ccc(C3CCN(C(C=O)CN4CCC(O)C4)CC3)cn2c1N(C)c1nc(-c2ccc(F)cc2)cs1. The summed E-state index contributed by atoms with van der Waals surface area (Å²) in [4.78, 5) is 28.4. The third kappa shape index (κ3) is 5.79. The molecule has 2 unspecified atom stereocenters. The van der Waals surface area contributed by atoms with Crippen LogP contribution in [0.25, 0.3) is 16.9 Å². The number of fused-ring (bicyclic) bond motifs is 1. The second-order valence-corrected chi connectivity index (χ2v) is 12.1. The zero-order valence-electron chi connectivity index (χ0n) is 23.6. The number of thiazole rings is 1. The van der Waals surface area contributed by atoms with Gasteiger partial charge in [-0.15, -0.1) is 11.3 Å². The summed E-state index contributed by atoms with van der Waals surface area (Å²) < 4.78 is 15.6. The number of rotatable bonds is 9. The fraction of sp³-hybridized carbons (Fsp3) is 0.452. The van der Waals surface area contributed by atoms with E-state index < -0.39 is 0 Å². The van der Waals surface area contributed by atoms with Gasteiger partial charge in [0.15, 0.2) is 5.13 Å². The number of likely N-dealkylation sites (tertiary alicyclic amines) is 2. The fourth-order valence-electron chi connectivity index (χ4n) is 6.24. The van der Waals surface area contributed by atoms with Crippen molar-refractivity contribution in [2.75, 3.05) is 44.7 Å². The molecule has 216 valence electrons. The van der Waals surface area contributed by atoms with E-state index in [1.807, 2.05) is 12.4 Å². The topological polar surface area (TPSA) is 77.2 Å². The molecule has 2 atom stereocenters. The Morgan fingerprint density at radius 3 is 2.59 bits per heavy atom. The number of piperidine rings is 1. The standard InChI is InChI=1S/C31H37FN6O2S/c1-3-27-30(35(2)31-34-28(20-41-31)22-4-7-24(32)8-5-22)38-16-23(6-9-29(38)33-27)21-10-14-37(15-11-21)25(19-39)17-36-13-12-26(40)18-36/h4-9,16,19-21,25-26,40H,3,10-15,17-18H2,1-2H3. The molecule has 0 saturated carbocycles. The number of β-amino-alcohol motifs (C(OH)–C–C–N with tert-alkyl or cyclic N) is 1. The predicted octanol–water partition coefficient (Wildman–Crippen LogP) is 4.74. The molecule has 8 nitrogen and oxygen atoms in total. The molecule has 41 heavy (non-hydrogen) atoms. The second kappa shape index (κ2) is 12.0. The molecule has 0 radical (unpaired) electrons. The number of carbonyl (C=O) groups excluding carboxylic acids is 1. The van der Waals surface area contributed by atoms with E-state index in [-0.39, 0.29) is 18.0 Å². The molecule has 1 N–H and O–H groups in total. The van der Waals surface area contributed by atoms with Gasteiger partial charge in [-0.25, -0.2) is 14.4 Å². The van der Waals surface area contributed by atoms with Crippen molar-refractivity contribution in [3.8, 4) is 11.3 Å². The van der Waals surface area contributed by atoms with Crippen molar-refractivity contribution in [3.63, 3.8) is 0 Å². The second-order valence-electron chi connectivity index (χ2n) is 11.2. The molecule has 2 saturated heterocycles. The van der Waals surface area contributed by atoms with Gasteiger partial charge in [0.1, 0.15) is 23.6 Å². The molecule has 1 aromatic carbocycles. The molecule has 2 fully saturated rings. The van der Waals surface area contributed by atoms with E-state index in [1.54, 1.807) is 23.5 Å². The lowest BCUT2D eigenvalue weighted by atomic mass is 9.90. The number of aliphatic hydroxyl groups is 1. The Labute approximate surface area is 244 Å². The summed E-state index contributed by atoms with van der Waals surface area (Å²) in [6.45, 7) is 6.10. The van der Waals surface area contributed by atoms with Gasteiger partial charge < -0.3 is 14.8 Å². The zero-order valence-corrected chi connectivity index (χ0v) is 24.4. The van der Waals surface area contributed by atoms with Gasteiger partial charge in [0.05, 0.1) is 23.5 Å². The number of aldehydes is 1. The first-order valence-corrected chi connectivity index (χ1v) is 15.4. The molecule has 2 aliphatic heterocycles. The first-order valence-electron chi connectivity index (χ1n) is 14.5. The summed E-state index contributed by atoms with van der Waals surface area (Å²) in [6, 6.07) is 10.6. The molecule has 0 amide bonds. The van der Waals surface area contributed by atoms with Crippen LogP contribution in [-0.4, -0.2) is 87.5 Å². The summed E-state index contributed by atoms with van der Waals surface area (Å²) in [5.41, 5.74) is 4.92. The minimum atomic E-state index is -0.268. The number of carbonyl (C=O) groups is 1. The molecule has 5 heterocycles. The van der Waals surface area contributed by atoms with Gasteiger partial charge in [-0.05, 0) is 80.6 Å². The van der Waals surface area contributed by atoms with Crippen LogP contribution in [0.3, 0.4) is 0 Å². The first-order chi connectivity index (χ1) is 19.9. The van der Waals surface area contributed by atoms with Crippen molar-refractivity contribution in [3.05, 3.63) is 65.0 Å². The normalized spacial score (nSPS) is 19.7. The van der Waals surface area contributed by atoms with Crippen molar-refractivity contribution >= 4 is 34.2 Å². The minimum absolute atomic E-state index is 0.122. The highest BCUT2D eigenvalue weighted by Crippen LogP contribution is 2.35. The zero-order chi connectivity index (χ0) is 28.5. The van der Waals surface area contributed by atoms with Crippen LogP contribution in [0, 0.1) is 5.82 Å². The number of anilines is 2. The number of aryl methyl sites for hydroxylation is 1. The molecule has 3 aromatic heterocycles. The largest absolute Gasteiger partial charge is 0.392 e. The van der Waals surface area contributed by atoms with Crippen LogP contribution < -0.4 is 4.90 Å². The van der Waals surface area contributed by atoms with Gasteiger partial charge in [-0.1, -0.05) is 13.0 Å². The summed E-state index contributed by atoms with van der Waals surface area (Å²) in [5, 5.41) is 12.7. The van der Waals surface area contributed by atoms with E-state index in [2.05, 4.69) is 44.4 Å². The smallest absolute Gasteiger partial charge is 0.191 e. The van der Waals surface area contributed by atoms with Crippen LogP contribution in [0.2, 0.25) is 0 Å². The van der Waals surface area contributed by atoms with Crippen LogP contribution in [0.15, 0.2) is 48.0 Å². The number of halogens is 1. The Morgan fingerprint density at radius 1 is 1.12 bits per heavy atom. The van der Waals surface area contributed by atoms with Crippen LogP contribution in [0.4, 0.5) is 15.3 Å². The summed E-state index contributed by atoms with van der Waals surface area (Å²) in [5.74, 6) is 1.16. The van der Waals surface area contributed by atoms with Crippen molar-refractivity contribution in [2.45, 2.75) is 50.7 Å². The fourth-order valence-corrected chi connectivity index (χ4v) is 7.05. The quantitative estimate of drug-likeness (QED) is 0.289. The average molecular weight is 577 g/mol. The molecule has 0 bridgehead atoms. The lowest BCUT2D eigenvalue weighted by Gasteiger charge is -2.36. The van der Waals surface area contributed by atoms with E-state index >= 15 is 0 Å². The van der Waals surface area contributed by atoms with Crippen molar-refractivity contribution in [2.24, 2.45) is 0 Å². The Hall–Kier alpha value is -3.18. The van der Waals surface area contributed by atoms with Gasteiger partial charge in [-0.3, -0.25) is 14.2 Å². The molecule has 4 aromatic rings. The number of pyridine rings is 1. The molecule has 0 spiro atoms. The van der Waals surface area contributed by atoms with Gasteiger partial charge in [0, 0.05) is 43.8 Å². The Bertz CT molecular complexity index is 1500. The average Bonchev–Trinajstić information content (AvgIpc) is 3.74. The van der Waals surface area contributed by atoms with Gasteiger partial charge in [0.2, 0.25) is 0 Å². The molecular formula is C31H37FN6O2S. The van der Waals surface area contributed by atoms with Crippen molar-refractivity contribution in [1.82, 2.24) is 24.2 Å². The maximum Gasteiger partial charge on any atom is 0.191 e. The number of hydrogen-bond acceptors (Lipinski definition) is 8. The highest BCUT2D eigenvalue weighted by Gasteiger charge is 2.30. The lowest BCUT2D eigenvalue weighted by Crippen LogP contribution is -2.47. The van der Waals surface area contributed by atoms with Crippen molar-refractivity contribution in [1.29, 1.82) is 0 Å². The molecule has 10 heteroatoms. The third-order valence-corrected chi connectivity index (χ3v) is 9.49. The van der Waals surface area contributed by atoms with E-state index in [4.69, 9.17) is 9.97 Å². The van der Waals surface area contributed by atoms with E-state index in [9.17, 15) is 14.3 Å². The number of hydrogen-bond donors (Lipinski definition) is 1. The summed E-state index contributed by atoms with van der Waals surface area (Å²) >= 11 is 1.56. The number of aliphatic hydroxyl groups excluding tert-OH is 1. The van der Waals surface area contributed by atoms with E-state index in [0.717, 1.165) is 85.2 Å². The first kappa shape index (κ1) is 28.0. The van der Waals surface area contributed by atoms with Gasteiger partial charge in [0.25, 0.3) is 0 Å². The third-order valence-electron chi connectivity index (χ3n) is 8.58. The van der Waals surface area contributed by atoms with Gasteiger partial charge in [-0.2, -0.15) is 0 Å². The number of benzene rings is 1. The Morgan fingerprint density at radius 2 is 1.90 bits per heavy atom. The maximum atomic E-state index is 13.4. The Balaban J connectivity index is 1.20. The molecule has 2 aliphatic rings. The summed E-state index contributed by atoms with van der Waals surface area (Å²) in [6.07, 6.45) is 6.61. The molecule has 6 rings (SSSR count). The highest BCUT2D eigenvalue weighted by molar-refractivity contribution is 7.14. The van der Waals surface area contributed by atoms with Crippen LogP contribution in [-0.2, 0) is 11.2 Å². The van der Waals surface area contributed by atoms with Crippen LogP contribution in [0.1, 0.15) is 43.4 Å². The Kier molecular flexibility index (Phi) is 8.16. The van der Waals surface area contributed by atoms with Crippen LogP contribution in [0.5, 0.6) is 0 Å². The lowest BCUT2D eigenvalue weighted by molar-refractivity contribution is -0.113. The number of imidazole rings is 1. The van der Waals surface area contributed by atoms with Gasteiger partial charge >= 0.3 is 0 Å². The van der Waals surface area contributed by atoms with E-state index in [0.29, 0.717) is 19.0 Å². The van der Waals surface area contributed by atoms with Crippen molar-refractivity contribution < 1.29 is 14.3 Å². The molecular weight excluding hydrogens is 539 g/mol.